The number of imidazole rings is 1. The Labute approximate surface area is 114 Å². The molecule has 0 aliphatic heterocycles. The van der Waals surface area contributed by atoms with Crippen molar-refractivity contribution in [1.82, 2.24) is 9.55 Å². The second-order valence-electron chi connectivity index (χ2n) is 4.34. The van der Waals surface area contributed by atoms with Gasteiger partial charge in [0.2, 0.25) is 5.95 Å². The molecule has 0 aliphatic rings. The van der Waals surface area contributed by atoms with E-state index in [1.54, 1.807) is 4.57 Å². The molecule has 3 nitrogen and oxygen atoms in total. The van der Waals surface area contributed by atoms with Crippen LogP contribution in [-0.4, -0.2) is 9.55 Å². The first-order chi connectivity index (χ1) is 9.08. The lowest BCUT2D eigenvalue weighted by Gasteiger charge is -2.10. The number of halogens is 2. The van der Waals surface area contributed by atoms with Crippen molar-refractivity contribution in [2.24, 2.45) is 0 Å². The molecule has 3 rings (SSSR count). The van der Waals surface area contributed by atoms with Crippen molar-refractivity contribution in [3.05, 3.63) is 52.8 Å². The quantitative estimate of drug-likeness (QED) is 0.736. The Morgan fingerprint density at radius 3 is 2.84 bits per heavy atom. The zero-order valence-electron chi connectivity index (χ0n) is 10.2. The van der Waals surface area contributed by atoms with E-state index in [2.05, 4.69) is 4.98 Å². The lowest BCUT2D eigenvalue weighted by atomic mass is 10.2. The Morgan fingerprint density at radius 1 is 1.26 bits per heavy atom. The van der Waals surface area contributed by atoms with Crippen LogP contribution >= 0.6 is 11.6 Å². The number of para-hydroxylation sites is 1. The maximum absolute atomic E-state index is 13.4. The molecule has 3 aromatic rings. The molecule has 0 atom stereocenters. The van der Waals surface area contributed by atoms with E-state index in [4.69, 9.17) is 17.3 Å². The van der Waals surface area contributed by atoms with Crippen molar-refractivity contribution >= 4 is 28.6 Å². The van der Waals surface area contributed by atoms with Crippen molar-refractivity contribution in [1.29, 1.82) is 0 Å². The van der Waals surface area contributed by atoms with Gasteiger partial charge in [-0.3, -0.25) is 4.57 Å². The van der Waals surface area contributed by atoms with Gasteiger partial charge in [0.25, 0.3) is 0 Å². The number of nitrogen functional groups attached to an aromatic ring is 1. The maximum Gasteiger partial charge on any atom is 0.205 e. The Hall–Kier alpha value is -2.07. The first-order valence-electron chi connectivity index (χ1n) is 5.77. The first-order valence-corrected chi connectivity index (χ1v) is 6.14. The van der Waals surface area contributed by atoms with E-state index < -0.39 is 0 Å². The Morgan fingerprint density at radius 2 is 2.05 bits per heavy atom. The van der Waals surface area contributed by atoms with Crippen LogP contribution in [0.25, 0.3) is 16.7 Å². The summed E-state index contributed by atoms with van der Waals surface area (Å²) >= 11 is 6.14. The fourth-order valence-electron chi connectivity index (χ4n) is 2.21. The molecule has 0 fully saturated rings. The minimum absolute atomic E-state index is 0.289. The van der Waals surface area contributed by atoms with Crippen molar-refractivity contribution in [3.8, 4) is 5.69 Å². The molecule has 19 heavy (non-hydrogen) atoms. The van der Waals surface area contributed by atoms with Crippen molar-refractivity contribution < 1.29 is 4.39 Å². The minimum Gasteiger partial charge on any atom is -0.369 e. The second-order valence-corrected chi connectivity index (χ2v) is 4.75. The van der Waals surface area contributed by atoms with Gasteiger partial charge in [-0.1, -0.05) is 23.7 Å². The summed E-state index contributed by atoms with van der Waals surface area (Å²) in [6.07, 6.45) is 0. The summed E-state index contributed by atoms with van der Waals surface area (Å²) in [5.41, 5.74) is 9.04. The van der Waals surface area contributed by atoms with E-state index in [-0.39, 0.29) is 11.8 Å². The fraction of sp³-hybridized carbons (Fsp3) is 0.0714. The lowest BCUT2D eigenvalue weighted by molar-refractivity contribution is 0.627. The standard InChI is InChI=1S/C14H11ClFN3/c1-8-3-2-4-11-13(8)19(14(17)18-11)12-7-9(16)5-6-10(12)15/h2-7H,1H3,(H2,17,18). The molecule has 2 aromatic carbocycles. The highest BCUT2D eigenvalue weighted by molar-refractivity contribution is 6.32. The average Bonchev–Trinajstić information content (AvgIpc) is 2.70. The molecule has 0 bridgehead atoms. The zero-order chi connectivity index (χ0) is 13.6. The number of aryl methyl sites for hydroxylation is 1. The van der Waals surface area contributed by atoms with Crippen LogP contribution in [0, 0.1) is 12.7 Å². The second kappa shape index (κ2) is 4.24. The summed E-state index contributed by atoms with van der Waals surface area (Å²) in [5, 5.41) is 0.427. The third kappa shape index (κ3) is 1.85. The number of hydrogen-bond acceptors (Lipinski definition) is 2. The Balaban J connectivity index is 2.42. The molecule has 0 saturated carbocycles. The predicted molar refractivity (Wildman–Crippen MR) is 75.2 cm³/mol. The molecule has 0 radical (unpaired) electrons. The maximum atomic E-state index is 13.4. The van der Waals surface area contributed by atoms with Gasteiger partial charge >= 0.3 is 0 Å². The SMILES string of the molecule is Cc1cccc2nc(N)n(-c3cc(F)ccc3Cl)c12. The molecule has 0 aliphatic carbocycles. The number of benzene rings is 2. The number of fused-ring (bicyclic) bond motifs is 1. The summed E-state index contributed by atoms with van der Waals surface area (Å²) in [5.74, 6) is -0.0777. The van der Waals surface area contributed by atoms with Gasteiger partial charge in [-0.05, 0) is 36.8 Å². The normalized spacial score (nSPS) is 11.1. The van der Waals surface area contributed by atoms with E-state index in [9.17, 15) is 4.39 Å². The predicted octanol–water partition coefficient (Wildman–Crippen LogP) is 3.71. The molecule has 2 N–H and O–H groups in total. The number of hydrogen-bond donors (Lipinski definition) is 1. The van der Waals surface area contributed by atoms with Crippen LogP contribution in [-0.2, 0) is 0 Å². The largest absolute Gasteiger partial charge is 0.369 e. The van der Waals surface area contributed by atoms with Gasteiger partial charge in [0.15, 0.2) is 0 Å². The zero-order valence-corrected chi connectivity index (χ0v) is 10.9. The van der Waals surface area contributed by atoms with Crippen LogP contribution in [0.15, 0.2) is 36.4 Å². The summed E-state index contributed by atoms with van der Waals surface area (Å²) in [7, 11) is 0. The minimum atomic E-state index is -0.366. The number of nitrogens with zero attached hydrogens (tertiary/aromatic N) is 2. The highest BCUT2D eigenvalue weighted by Gasteiger charge is 2.14. The van der Waals surface area contributed by atoms with Gasteiger partial charge < -0.3 is 5.73 Å². The molecule has 0 unspecified atom stereocenters. The van der Waals surface area contributed by atoms with Crippen LogP contribution in [0.5, 0.6) is 0 Å². The van der Waals surface area contributed by atoms with Crippen LogP contribution < -0.4 is 5.73 Å². The third-order valence-corrected chi connectivity index (χ3v) is 3.37. The monoisotopic (exact) mass is 275 g/mol. The van der Waals surface area contributed by atoms with E-state index in [0.717, 1.165) is 16.6 Å². The Bertz CT molecular complexity index is 780. The highest BCUT2D eigenvalue weighted by atomic mass is 35.5. The molecule has 1 heterocycles. The molecular formula is C14H11ClFN3. The molecular weight excluding hydrogens is 265 g/mol. The molecule has 1 aromatic heterocycles. The number of aromatic nitrogens is 2. The first kappa shape index (κ1) is 12.0. The highest BCUT2D eigenvalue weighted by Crippen LogP contribution is 2.30. The van der Waals surface area contributed by atoms with Gasteiger partial charge in [-0.2, -0.15) is 0 Å². The van der Waals surface area contributed by atoms with Gasteiger partial charge in [0, 0.05) is 0 Å². The van der Waals surface area contributed by atoms with Crippen molar-refractivity contribution in [2.75, 3.05) is 5.73 Å². The van der Waals surface area contributed by atoms with Crippen molar-refractivity contribution in [2.45, 2.75) is 6.92 Å². The summed E-state index contributed by atoms with van der Waals surface area (Å²) in [4.78, 5) is 4.28. The van der Waals surface area contributed by atoms with Crippen LogP contribution in [0.2, 0.25) is 5.02 Å². The van der Waals surface area contributed by atoms with Crippen LogP contribution in [0.3, 0.4) is 0 Å². The number of nitrogens with two attached hydrogens (primary N) is 1. The van der Waals surface area contributed by atoms with Gasteiger partial charge in [-0.25, -0.2) is 9.37 Å². The van der Waals surface area contributed by atoms with E-state index in [1.165, 1.54) is 18.2 Å². The van der Waals surface area contributed by atoms with Gasteiger partial charge in [0.1, 0.15) is 5.82 Å². The molecule has 0 amide bonds. The number of anilines is 1. The fourth-order valence-corrected chi connectivity index (χ4v) is 2.42. The summed E-state index contributed by atoms with van der Waals surface area (Å²) in [6.45, 7) is 1.95. The topological polar surface area (TPSA) is 43.8 Å². The molecule has 0 spiro atoms. The number of rotatable bonds is 1. The Kier molecular flexibility index (Phi) is 2.68. The third-order valence-electron chi connectivity index (χ3n) is 3.05. The summed E-state index contributed by atoms with van der Waals surface area (Å²) < 4.78 is 15.1. The smallest absolute Gasteiger partial charge is 0.205 e. The van der Waals surface area contributed by atoms with E-state index >= 15 is 0 Å². The molecule has 5 heteroatoms. The van der Waals surface area contributed by atoms with E-state index in [0.29, 0.717) is 10.7 Å². The molecule has 96 valence electrons. The van der Waals surface area contributed by atoms with Crippen molar-refractivity contribution in [3.63, 3.8) is 0 Å². The van der Waals surface area contributed by atoms with Crippen LogP contribution in [0.4, 0.5) is 10.3 Å². The molecule has 0 saturated heterocycles. The van der Waals surface area contributed by atoms with E-state index in [1.807, 2.05) is 25.1 Å². The van der Waals surface area contributed by atoms with Gasteiger partial charge in [0.05, 0.1) is 21.7 Å². The van der Waals surface area contributed by atoms with Crippen LogP contribution in [0.1, 0.15) is 5.56 Å². The average molecular weight is 276 g/mol. The summed E-state index contributed by atoms with van der Waals surface area (Å²) in [6, 6.07) is 9.90. The lowest BCUT2D eigenvalue weighted by Crippen LogP contribution is -2.02. The van der Waals surface area contributed by atoms with Gasteiger partial charge in [-0.15, -0.1) is 0 Å².